The highest BCUT2D eigenvalue weighted by molar-refractivity contribution is 5.33. The molecule has 1 aromatic heterocycles. The zero-order valence-electron chi connectivity index (χ0n) is 13.1. The number of nitrogens with zero attached hydrogens (tertiary/aromatic N) is 1. The van der Waals surface area contributed by atoms with E-state index in [0.717, 1.165) is 36.6 Å². The van der Waals surface area contributed by atoms with E-state index in [2.05, 4.69) is 36.3 Å². The fourth-order valence-electron chi connectivity index (χ4n) is 2.24. The normalized spacial score (nSPS) is 12.1. The van der Waals surface area contributed by atoms with E-state index in [1.165, 1.54) is 5.56 Å². The minimum Gasteiger partial charge on any atom is -0.456 e. The Bertz CT molecular complexity index is 534. The van der Waals surface area contributed by atoms with Gasteiger partial charge in [-0.2, -0.15) is 0 Å². The minimum atomic E-state index is 0.417. The molecule has 0 fully saturated rings. The van der Waals surface area contributed by atoms with E-state index in [0.29, 0.717) is 6.04 Å². The minimum absolute atomic E-state index is 0.417. The molecule has 0 radical (unpaired) electrons. The van der Waals surface area contributed by atoms with Crippen molar-refractivity contribution in [3.63, 3.8) is 0 Å². The average Bonchev–Trinajstić information content (AvgIpc) is 2.52. The number of ether oxygens (including phenoxy) is 1. The lowest BCUT2D eigenvalue weighted by molar-refractivity contribution is 0.478. The standard InChI is InChI=1S/C18H24N2O/c1-4-12-19-18(5-2)15-7-10-16(11-8-15)21-17-9-6-14(3)20-13-17/h6-11,13,18-19H,4-5,12H2,1-3H3. The summed E-state index contributed by atoms with van der Waals surface area (Å²) in [6.07, 6.45) is 3.99. The molecule has 0 aliphatic heterocycles. The van der Waals surface area contributed by atoms with Crippen molar-refractivity contribution in [1.29, 1.82) is 0 Å². The second-order valence-corrected chi connectivity index (χ2v) is 5.22. The van der Waals surface area contributed by atoms with Crippen molar-refractivity contribution >= 4 is 0 Å². The van der Waals surface area contributed by atoms with E-state index in [-0.39, 0.29) is 0 Å². The second kappa shape index (κ2) is 7.79. The van der Waals surface area contributed by atoms with Crippen LogP contribution in [-0.2, 0) is 0 Å². The summed E-state index contributed by atoms with van der Waals surface area (Å²) in [5.74, 6) is 1.61. The van der Waals surface area contributed by atoms with Crippen molar-refractivity contribution in [2.45, 2.75) is 39.7 Å². The highest BCUT2D eigenvalue weighted by Crippen LogP contribution is 2.24. The number of aromatic nitrogens is 1. The van der Waals surface area contributed by atoms with Gasteiger partial charge in [-0.1, -0.05) is 26.0 Å². The summed E-state index contributed by atoms with van der Waals surface area (Å²) < 4.78 is 5.80. The first-order chi connectivity index (χ1) is 10.2. The van der Waals surface area contributed by atoms with Crippen LogP contribution in [-0.4, -0.2) is 11.5 Å². The molecule has 0 bridgehead atoms. The Kier molecular flexibility index (Phi) is 5.76. The maximum Gasteiger partial charge on any atom is 0.145 e. The highest BCUT2D eigenvalue weighted by Gasteiger charge is 2.08. The van der Waals surface area contributed by atoms with Crippen LogP contribution in [0.5, 0.6) is 11.5 Å². The molecule has 0 aliphatic carbocycles. The van der Waals surface area contributed by atoms with Crippen LogP contribution in [0.1, 0.15) is 44.0 Å². The smallest absolute Gasteiger partial charge is 0.145 e. The SMILES string of the molecule is CCCNC(CC)c1ccc(Oc2ccc(C)nc2)cc1. The summed E-state index contributed by atoms with van der Waals surface area (Å²) in [5, 5.41) is 3.56. The van der Waals surface area contributed by atoms with Crippen LogP contribution in [0, 0.1) is 6.92 Å². The lowest BCUT2D eigenvalue weighted by Gasteiger charge is -2.17. The third-order valence-corrected chi connectivity index (χ3v) is 3.45. The van der Waals surface area contributed by atoms with Crippen LogP contribution in [0.15, 0.2) is 42.6 Å². The predicted octanol–water partition coefficient (Wildman–Crippen LogP) is 4.63. The molecule has 21 heavy (non-hydrogen) atoms. The topological polar surface area (TPSA) is 34.1 Å². The third kappa shape index (κ3) is 4.57. The molecule has 1 atom stereocenters. The van der Waals surface area contributed by atoms with Gasteiger partial charge in [0.25, 0.3) is 0 Å². The van der Waals surface area contributed by atoms with Crippen LogP contribution in [0.25, 0.3) is 0 Å². The van der Waals surface area contributed by atoms with Gasteiger partial charge in [-0.3, -0.25) is 4.98 Å². The van der Waals surface area contributed by atoms with Gasteiger partial charge in [0.15, 0.2) is 0 Å². The quantitative estimate of drug-likeness (QED) is 0.804. The molecule has 0 aliphatic rings. The zero-order chi connectivity index (χ0) is 15.1. The number of hydrogen-bond acceptors (Lipinski definition) is 3. The van der Waals surface area contributed by atoms with Gasteiger partial charge in [-0.05, 0) is 56.1 Å². The zero-order valence-corrected chi connectivity index (χ0v) is 13.1. The van der Waals surface area contributed by atoms with Crippen molar-refractivity contribution in [1.82, 2.24) is 10.3 Å². The van der Waals surface area contributed by atoms with E-state index in [1.54, 1.807) is 6.20 Å². The molecule has 0 saturated heterocycles. The van der Waals surface area contributed by atoms with Crippen LogP contribution in [0.2, 0.25) is 0 Å². The first-order valence-corrected chi connectivity index (χ1v) is 7.66. The van der Waals surface area contributed by atoms with Gasteiger partial charge < -0.3 is 10.1 Å². The van der Waals surface area contributed by atoms with Crippen molar-refractivity contribution in [3.05, 3.63) is 53.9 Å². The molecule has 0 spiro atoms. The first-order valence-electron chi connectivity index (χ1n) is 7.66. The Hall–Kier alpha value is -1.87. The Morgan fingerprint density at radius 3 is 2.33 bits per heavy atom. The monoisotopic (exact) mass is 284 g/mol. The second-order valence-electron chi connectivity index (χ2n) is 5.22. The molecule has 2 aromatic rings. The average molecular weight is 284 g/mol. The highest BCUT2D eigenvalue weighted by atomic mass is 16.5. The summed E-state index contributed by atoms with van der Waals surface area (Å²) in [6.45, 7) is 7.40. The van der Waals surface area contributed by atoms with Crippen molar-refractivity contribution in [2.75, 3.05) is 6.54 Å². The summed E-state index contributed by atoms with van der Waals surface area (Å²) >= 11 is 0. The number of rotatable bonds is 7. The molecule has 112 valence electrons. The number of aryl methyl sites for hydroxylation is 1. The Balaban J connectivity index is 2.02. The fraction of sp³-hybridized carbons (Fsp3) is 0.389. The lowest BCUT2D eigenvalue weighted by atomic mass is 10.0. The van der Waals surface area contributed by atoms with Gasteiger partial charge in [-0.15, -0.1) is 0 Å². The van der Waals surface area contributed by atoms with Crippen LogP contribution >= 0.6 is 0 Å². The van der Waals surface area contributed by atoms with E-state index < -0.39 is 0 Å². The molecule has 1 aromatic carbocycles. The summed E-state index contributed by atoms with van der Waals surface area (Å²) in [6, 6.07) is 12.6. The van der Waals surface area contributed by atoms with E-state index >= 15 is 0 Å². The summed E-state index contributed by atoms with van der Waals surface area (Å²) in [4.78, 5) is 4.23. The van der Waals surface area contributed by atoms with Crippen molar-refractivity contribution in [2.24, 2.45) is 0 Å². The third-order valence-electron chi connectivity index (χ3n) is 3.45. The van der Waals surface area contributed by atoms with Crippen LogP contribution < -0.4 is 10.1 Å². The van der Waals surface area contributed by atoms with Crippen LogP contribution in [0.3, 0.4) is 0 Å². The Labute approximate surface area is 127 Å². The van der Waals surface area contributed by atoms with Crippen LogP contribution in [0.4, 0.5) is 0 Å². The fourth-order valence-corrected chi connectivity index (χ4v) is 2.24. The predicted molar refractivity (Wildman–Crippen MR) is 86.8 cm³/mol. The molecule has 3 nitrogen and oxygen atoms in total. The van der Waals surface area contributed by atoms with Crippen molar-refractivity contribution < 1.29 is 4.74 Å². The molecule has 0 amide bonds. The molecule has 3 heteroatoms. The molecular formula is C18H24N2O. The van der Waals surface area contributed by atoms with Gasteiger partial charge >= 0.3 is 0 Å². The lowest BCUT2D eigenvalue weighted by Crippen LogP contribution is -2.21. The molecule has 1 unspecified atom stereocenters. The van der Waals surface area contributed by atoms with Crippen molar-refractivity contribution in [3.8, 4) is 11.5 Å². The van der Waals surface area contributed by atoms with Gasteiger partial charge in [-0.25, -0.2) is 0 Å². The maximum absolute atomic E-state index is 5.80. The summed E-state index contributed by atoms with van der Waals surface area (Å²) in [5.41, 5.74) is 2.30. The Morgan fingerprint density at radius 1 is 1.05 bits per heavy atom. The molecule has 2 rings (SSSR count). The molecular weight excluding hydrogens is 260 g/mol. The Morgan fingerprint density at radius 2 is 1.76 bits per heavy atom. The van der Waals surface area contributed by atoms with E-state index in [9.17, 15) is 0 Å². The van der Waals surface area contributed by atoms with E-state index in [1.807, 2.05) is 31.2 Å². The largest absolute Gasteiger partial charge is 0.456 e. The maximum atomic E-state index is 5.80. The number of pyridine rings is 1. The van der Waals surface area contributed by atoms with Gasteiger partial charge in [0.05, 0.1) is 6.20 Å². The van der Waals surface area contributed by atoms with Gasteiger partial charge in [0.1, 0.15) is 11.5 Å². The number of nitrogens with one attached hydrogen (secondary N) is 1. The number of benzene rings is 1. The molecule has 1 N–H and O–H groups in total. The van der Waals surface area contributed by atoms with Gasteiger partial charge in [0, 0.05) is 11.7 Å². The molecule has 1 heterocycles. The van der Waals surface area contributed by atoms with Gasteiger partial charge in [0.2, 0.25) is 0 Å². The first kappa shape index (κ1) is 15.5. The molecule has 0 saturated carbocycles. The van der Waals surface area contributed by atoms with E-state index in [4.69, 9.17) is 4.74 Å². The number of hydrogen-bond donors (Lipinski definition) is 1. The summed E-state index contributed by atoms with van der Waals surface area (Å²) in [7, 11) is 0.